The Bertz CT molecular complexity index is 916. The highest BCUT2D eigenvalue weighted by Crippen LogP contribution is 2.47. The van der Waals surface area contributed by atoms with Crippen molar-refractivity contribution in [2.24, 2.45) is 0 Å². The number of nitrogens with one attached hydrogen (secondary N) is 1. The van der Waals surface area contributed by atoms with Crippen LogP contribution in [0.4, 0.5) is 16.0 Å². The van der Waals surface area contributed by atoms with Crippen LogP contribution in [0.2, 0.25) is 0 Å². The molecule has 144 valence electrons. The third-order valence-corrected chi connectivity index (χ3v) is 4.92. The summed E-state index contributed by atoms with van der Waals surface area (Å²) in [4.78, 5) is 16.3. The lowest BCUT2D eigenvalue weighted by Gasteiger charge is -2.35. The summed E-state index contributed by atoms with van der Waals surface area (Å²) in [6.45, 7) is 0.854. The summed E-state index contributed by atoms with van der Waals surface area (Å²) in [5, 5.41) is 3.09. The third-order valence-electron chi connectivity index (χ3n) is 4.92. The largest absolute Gasteiger partial charge is 0.489 e. The predicted molar refractivity (Wildman–Crippen MR) is 104 cm³/mol. The van der Waals surface area contributed by atoms with Crippen LogP contribution in [-0.2, 0) is 0 Å². The van der Waals surface area contributed by atoms with Crippen molar-refractivity contribution >= 4 is 11.6 Å². The summed E-state index contributed by atoms with van der Waals surface area (Å²) in [6, 6.07) is 6.97. The molecular weight excluding hydrogens is 359 g/mol. The fourth-order valence-corrected chi connectivity index (χ4v) is 3.31. The predicted octanol–water partition coefficient (Wildman–Crippen LogP) is 3.14. The zero-order valence-corrected chi connectivity index (χ0v) is 15.3. The summed E-state index contributed by atoms with van der Waals surface area (Å²) in [7, 11) is 0. The molecule has 8 heteroatoms. The summed E-state index contributed by atoms with van der Waals surface area (Å²) < 4.78 is 19.9. The van der Waals surface area contributed by atoms with Crippen molar-refractivity contribution < 1.29 is 9.13 Å². The maximum atomic E-state index is 14.4. The van der Waals surface area contributed by atoms with Gasteiger partial charge in [0.2, 0.25) is 0 Å². The molecule has 1 aromatic carbocycles. The van der Waals surface area contributed by atoms with Gasteiger partial charge in [-0.1, -0.05) is 6.07 Å². The monoisotopic (exact) mass is 380 g/mol. The third kappa shape index (κ3) is 4.16. The SMILES string of the molecule is Nc1cnc(C2CC(c3ccc(OCCNc4ccncn4)c(F)c3)C2)cn1. The molecule has 4 rings (SSSR count). The van der Waals surface area contributed by atoms with E-state index in [1.807, 2.05) is 6.07 Å². The van der Waals surface area contributed by atoms with E-state index >= 15 is 0 Å². The molecule has 0 atom stereocenters. The summed E-state index contributed by atoms with van der Waals surface area (Å²) in [5.74, 6) is 1.73. The first kappa shape index (κ1) is 18.1. The van der Waals surface area contributed by atoms with Gasteiger partial charge >= 0.3 is 0 Å². The topological polar surface area (TPSA) is 98.8 Å². The summed E-state index contributed by atoms with van der Waals surface area (Å²) >= 11 is 0. The highest BCUT2D eigenvalue weighted by atomic mass is 19.1. The van der Waals surface area contributed by atoms with Gasteiger partial charge in [0.15, 0.2) is 11.6 Å². The maximum Gasteiger partial charge on any atom is 0.165 e. The number of ether oxygens (including phenoxy) is 1. The number of nitrogens with zero attached hydrogens (tertiary/aromatic N) is 4. The van der Waals surface area contributed by atoms with E-state index < -0.39 is 0 Å². The van der Waals surface area contributed by atoms with Gasteiger partial charge in [0.05, 0.1) is 24.6 Å². The van der Waals surface area contributed by atoms with Crippen LogP contribution in [0.15, 0.2) is 49.2 Å². The van der Waals surface area contributed by atoms with Crippen molar-refractivity contribution in [2.45, 2.75) is 24.7 Å². The van der Waals surface area contributed by atoms with Crippen LogP contribution in [0.3, 0.4) is 0 Å². The number of aromatic nitrogens is 4. The molecule has 7 nitrogen and oxygen atoms in total. The number of hydrogen-bond acceptors (Lipinski definition) is 7. The van der Waals surface area contributed by atoms with E-state index in [0.717, 1.165) is 24.1 Å². The van der Waals surface area contributed by atoms with Crippen molar-refractivity contribution in [2.75, 3.05) is 24.2 Å². The van der Waals surface area contributed by atoms with E-state index in [0.29, 0.717) is 36.6 Å². The van der Waals surface area contributed by atoms with Crippen LogP contribution in [0.25, 0.3) is 0 Å². The fraction of sp³-hybridized carbons (Fsp3) is 0.300. The van der Waals surface area contributed by atoms with Crippen LogP contribution in [0.1, 0.15) is 35.9 Å². The molecular formula is C20H21FN6O. The molecule has 3 N–H and O–H groups in total. The quantitative estimate of drug-likeness (QED) is 0.608. The Morgan fingerprint density at radius 2 is 2.00 bits per heavy atom. The number of hydrogen-bond donors (Lipinski definition) is 2. The lowest BCUT2D eigenvalue weighted by atomic mass is 9.70. The molecule has 1 aliphatic rings. The van der Waals surface area contributed by atoms with Gasteiger partial charge < -0.3 is 15.8 Å². The van der Waals surface area contributed by atoms with E-state index in [-0.39, 0.29) is 11.6 Å². The second-order valence-corrected chi connectivity index (χ2v) is 6.79. The normalized spacial score (nSPS) is 18.3. The molecule has 1 saturated carbocycles. The first-order chi connectivity index (χ1) is 13.7. The molecule has 0 saturated heterocycles. The molecule has 1 aliphatic carbocycles. The molecule has 0 spiro atoms. The van der Waals surface area contributed by atoms with Crippen molar-refractivity contribution in [1.29, 1.82) is 0 Å². The number of halogens is 1. The Labute approximate surface area is 162 Å². The number of benzene rings is 1. The average molecular weight is 380 g/mol. The molecule has 0 unspecified atom stereocenters. The molecule has 2 aromatic heterocycles. The molecule has 0 bridgehead atoms. The highest BCUT2D eigenvalue weighted by Gasteiger charge is 2.32. The second kappa shape index (κ2) is 8.16. The zero-order chi connectivity index (χ0) is 19.3. The van der Waals surface area contributed by atoms with E-state index in [9.17, 15) is 4.39 Å². The van der Waals surface area contributed by atoms with E-state index in [1.165, 1.54) is 6.33 Å². The molecule has 3 aromatic rings. The van der Waals surface area contributed by atoms with Crippen molar-refractivity contribution in [3.8, 4) is 5.75 Å². The molecule has 0 radical (unpaired) electrons. The van der Waals surface area contributed by atoms with Crippen molar-refractivity contribution in [3.05, 3.63) is 66.3 Å². The van der Waals surface area contributed by atoms with Gasteiger partial charge in [0, 0.05) is 12.1 Å². The van der Waals surface area contributed by atoms with E-state index in [4.69, 9.17) is 10.5 Å². The molecule has 1 fully saturated rings. The van der Waals surface area contributed by atoms with Crippen LogP contribution in [0.5, 0.6) is 5.75 Å². The fourth-order valence-electron chi connectivity index (χ4n) is 3.31. The van der Waals surface area contributed by atoms with Gasteiger partial charge in [-0.3, -0.25) is 4.98 Å². The van der Waals surface area contributed by atoms with Gasteiger partial charge in [-0.15, -0.1) is 0 Å². The molecule has 2 heterocycles. The van der Waals surface area contributed by atoms with Gasteiger partial charge in [-0.25, -0.2) is 19.3 Å². The zero-order valence-electron chi connectivity index (χ0n) is 15.3. The Kier molecular flexibility index (Phi) is 5.27. The van der Waals surface area contributed by atoms with Gasteiger partial charge in [0.25, 0.3) is 0 Å². The standard InChI is InChI=1S/C20H21FN6O/c21-16-9-13(14-7-15(8-14)17-10-26-19(22)11-25-17)1-2-18(16)28-6-5-24-20-3-4-23-12-27-20/h1-4,9-12,14-15H,5-8H2,(H2,22,26)(H,23,24,27). The van der Waals surface area contributed by atoms with Crippen LogP contribution < -0.4 is 15.8 Å². The van der Waals surface area contributed by atoms with Crippen LogP contribution in [0, 0.1) is 5.82 Å². The Balaban J connectivity index is 1.27. The molecule has 0 amide bonds. The van der Waals surface area contributed by atoms with Crippen LogP contribution >= 0.6 is 0 Å². The van der Waals surface area contributed by atoms with E-state index in [2.05, 4.69) is 25.3 Å². The first-order valence-electron chi connectivity index (χ1n) is 9.18. The van der Waals surface area contributed by atoms with Crippen molar-refractivity contribution in [3.63, 3.8) is 0 Å². The van der Waals surface area contributed by atoms with Gasteiger partial charge in [0.1, 0.15) is 24.6 Å². The lowest BCUT2D eigenvalue weighted by Crippen LogP contribution is -2.21. The second-order valence-electron chi connectivity index (χ2n) is 6.79. The van der Waals surface area contributed by atoms with Crippen molar-refractivity contribution in [1.82, 2.24) is 19.9 Å². The minimum absolute atomic E-state index is 0.258. The van der Waals surface area contributed by atoms with Gasteiger partial charge in [-0.05, 0) is 42.5 Å². The van der Waals surface area contributed by atoms with E-state index in [1.54, 1.807) is 36.8 Å². The minimum Gasteiger partial charge on any atom is -0.489 e. The smallest absolute Gasteiger partial charge is 0.165 e. The Morgan fingerprint density at radius 3 is 2.71 bits per heavy atom. The maximum absolute atomic E-state index is 14.4. The first-order valence-corrected chi connectivity index (χ1v) is 9.18. The molecule has 28 heavy (non-hydrogen) atoms. The number of nitrogens with two attached hydrogens (primary N) is 1. The van der Waals surface area contributed by atoms with Crippen LogP contribution in [-0.4, -0.2) is 33.1 Å². The highest BCUT2D eigenvalue weighted by molar-refractivity contribution is 5.34. The number of anilines is 2. The average Bonchev–Trinajstić information content (AvgIpc) is 2.68. The summed E-state index contributed by atoms with van der Waals surface area (Å²) in [6.07, 6.45) is 8.28. The Hall–Kier alpha value is -3.29. The number of rotatable bonds is 7. The van der Waals surface area contributed by atoms with Gasteiger partial charge in [-0.2, -0.15) is 0 Å². The summed E-state index contributed by atoms with van der Waals surface area (Å²) in [5.41, 5.74) is 7.51. The Morgan fingerprint density at radius 1 is 1.11 bits per heavy atom. The molecule has 0 aliphatic heterocycles. The number of nitrogen functional groups attached to an aromatic ring is 1. The lowest BCUT2D eigenvalue weighted by molar-refractivity contribution is 0.312. The minimum atomic E-state index is -0.338.